The monoisotopic (exact) mass is 245 g/mol. The Hall–Kier alpha value is -1.44. The third kappa shape index (κ3) is 2.12. The Kier molecular flexibility index (Phi) is 3.02. The van der Waals surface area contributed by atoms with Crippen molar-refractivity contribution in [3.8, 4) is 6.07 Å². The number of fused-ring (bicyclic) bond motifs is 1. The minimum absolute atomic E-state index is 0.204. The average molecular weight is 245 g/mol. The lowest BCUT2D eigenvalue weighted by molar-refractivity contribution is 0.301. The van der Waals surface area contributed by atoms with Crippen LogP contribution in [0.25, 0.3) is 0 Å². The van der Waals surface area contributed by atoms with Gasteiger partial charge >= 0.3 is 0 Å². The highest BCUT2D eigenvalue weighted by atomic mass is 19.1. The van der Waals surface area contributed by atoms with Crippen molar-refractivity contribution in [1.29, 1.82) is 5.26 Å². The number of hydrogen-bond acceptors (Lipinski definition) is 3. The summed E-state index contributed by atoms with van der Waals surface area (Å²) >= 11 is 0. The molecule has 0 unspecified atom stereocenters. The Labute approximate surface area is 106 Å². The summed E-state index contributed by atoms with van der Waals surface area (Å²) in [6.45, 7) is 4.86. The van der Waals surface area contributed by atoms with Crippen LogP contribution in [0.3, 0.4) is 0 Å². The minimum Gasteiger partial charge on any atom is -0.316 e. The maximum Gasteiger partial charge on any atom is 0.127 e. The van der Waals surface area contributed by atoms with Crippen LogP contribution in [0.15, 0.2) is 18.2 Å². The van der Waals surface area contributed by atoms with E-state index in [1.54, 1.807) is 6.07 Å². The summed E-state index contributed by atoms with van der Waals surface area (Å²) in [6.07, 6.45) is 0. The Morgan fingerprint density at radius 1 is 1.33 bits per heavy atom. The molecule has 94 valence electrons. The fourth-order valence-corrected chi connectivity index (χ4v) is 3.09. The molecule has 0 aromatic heterocycles. The van der Waals surface area contributed by atoms with E-state index in [-0.39, 0.29) is 5.82 Å². The molecule has 18 heavy (non-hydrogen) atoms. The fourth-order valence-electron chi connectivity index (χ4n) is 3.09. The predicted molar refractivity (Wildman–Crippen MR) is 66.2 cm³/mol. The van der Waals surface area contributed by atoms with Crippen LogP contribution in [-0.4, -0.2) is 31.1 Å². The maximum absolute atomic E-state index is 13.7. The molecule has 2 aliphatic heterocycles. The van der Waals surface area contributed by atoms with Gasteiger partial charge in [-0.15, -0.1) is 0 Å². The molecule has 1 N–H and O–H groups in total. The molecule has 0 bridgehead atoms. The van der Waals surface area contributed by atoms with E-state index in [9.17, 15) is 4.39 Å². The molecule has 4 heteroatoms. The molecular weight excluding hydrogens is 229 g/mol. The van der Waals surface area contributed by atoms with Crippen LogP contribution >= 0.6 is 0 Å². The lowest BCUT2D eigenvalue weighted by Crippen LogP contribution is -2.25. The number of hydrogen-bond donors (Lipinski definition) is 1. The van der Waals surface area contributed by atoms with Gasteiger partial charge in [-0.25, -0.2) is 4.39 Å². The summed E-state index contributed by atoms with van der Waals surface area (Å²) in [4.78, 5) is 2.30. The smallest absolute Gasteiger partial charge is 0.127 e. The number of likely N-dealkylation sites (tertiary alicyclic amines) is 1. The van der Waals surface area contributed by atoms with Gasteiger partial charge in [-0.2, -0.15) is 5.26 Å². The first-order valence-electron chi connectivity index (χ1n) is 6.38. The number of nitrogens with zero attached hydrogens (tertiary/aromatic N) is 2. The van der Waals surface area contributed by atoms with Crippen molar-refractivity contribution in [2.75, 3.05) is 26.2 Å². The molecule has 2 fully saturated rings. The third-order valence-electron chi connectivity index (χ3n) is 4.03. The van der Waals surface area contributed by atoms with Crippen molar-refractivity contribution in [2.24, 2.45) is 11.8 Å². The molecule has 0 amide bonds. The van der Waals surface area contributed by atoms with Crippen LogP contribution < -0.4 is 5.32 Å². The summed E-state index contributed by atoms with van der Waals surface area (Å²) < 4.78 is 13.7. The molecule has 1 aromatic rings. The second-order valence-corrected chi connectivity index (χ2v) is 5.29. The largest absolute Gasteiger partial charge is 0.316 e. The number of halogens is 1. The second kappa shape index (κ2) is 4.68. The molecule has 3 rings (SSSR count). The number of nitrogens with one attached hydrogen (secondary N) is 1. The lowest BCUT2D eigenvalue weighted by atomic mass is 10.0. The summed E-state index contributed by atoms with van der Waals surface area (Å²) in [6, 6.07) is 6.66. The molecule has 2 atom stereocenters. The van der Waals surface area contributed by atoms with Crippen molar-refractivity contribution in [3.63, 3.8) is 0 Å². The summed E-state index contributed by atoms with van der Waals surface area (Å²) in [5, 5.41) is 12.2. The Morgan fingerprint density at radius 2 is 2.06 bits per heavy atom. The van der Waals surface area contributed by atoms with Gasteiger partial charge in [0, 0.05) is 25.2 Å². The standard InChI is InChI=1S/C14H16FN3/c15-14-2-1-10(4-16)3-11(14)7-18-8-12-5-17-6-13(12)9-18/h1-3,12-13,17H,5-9H2/t12-,13+. The van der Waals surface area contributed by atoms with Crippen molar-refractivity contribution >= 4 is 0 Å². The Bertz CT molecular complexity index is 482. The van der Waals surface area contributed by atoms with Gasteiger partial charge < -0.3 is 5.32 Å². The number of nitriles is 1. The van der Waals surface area contributed by atoms with Gasteiger partial charge in [0.25, 0.3) is 0 Å². The van der Waals surface area contributed by atoms with Crippen LogP contribution in [0.1, 0.15) is 11.1 Å². The topological polar surface area (TPSA) is 39.1 Å². The maximum atomic E-state index is 13.7. The molecule has 2 saturated heterocycles. The molecule has 0 spiro atoms. The van der Waals surface area contributed by atoms with Crippen molar-refractivity contribution in [2.45, 2.75) is 6.54 Å². The van der Waals surface area contributed by atoms with Gasteiger partial charge in [-0.3, -0.25) is 4.90 Å². The van der Waals surface area contributed by atoms with Gasteiger partial charge in [0.15, 0.2) is 0 Å². The van der Waals surface area contributed by atoms with E-state index >= 15 is 0 Å². The molecule has 2 aliphatic rings. The molecule has 1 aromatic carbocycles. The highest BCUT2D eigenvalue weighted by molar-refractivity contribution is 5.33. The van der Waals surface area contributed by atoms with Crippen molar-refractivity contribution in [3.05, 3.63) is 35.1 Å². The van der Waals surface area contributed by atoms with E-state index in [1.807, 2.05) is 0 Å². The number of benzene rings is 1. The van der Waals surface area contributed by atoms with E-state index < -0.39 is 0 Å². The Morgan fingerprint density at radius 3 is 2.72 bits per heavy atom. The van der Waals surface area contributed by atoms with E-state index in [4.69, 9.17) is 5.26 Å². The molecule has 3 nitrogen and oxygen atoms in total. The summed E-state index contributed by atoms with van der Waals surface area (Å²) in [7, 11) is 0. The van der Waals surface area contributed by atoms with E-state index in [2.05, 4.69) is 16.3 Å². The zero-order valence-electron chi connectivity index (χ0n) is 10.2. The lowest BCUT2D eigenvalue weighted by Gasteiger charge is -2.17. The molecule has 0 saturated carbocycles. The van der Waals surface area contributed by atoms with Crippen molar-refractivity contribution < 1.29 is 4.39 Å². The van der Waals surface area contributed by atoms with Gasteiger partial charge in [0.05, 0.1) is 11.6 Å². The predicted octanol–water partition coefficient (Wildman–Crippen LogP) is 1.35. The number of rotatable bonds is 2. The van der Waals surface area contributed by atoms with E-state index in [0.717, 1.165) is 26.2 Å². The van der Waals surface area contributed by atoms with Crippen LogP contribution in [0.2, 0.25) is 0 Å². The van der Waals surface area contributed by atoms with Gasteiger partial charge in [0.1, 0.15) is 5.82 Å². The van der Waals surface area contributed by atoms with Crippen molar-refractivity contribution in [1.82, 2.24) is 10.2 Å². The summed E-state index contributed by atoms with van der Waals surface area (Å²) in [5.74, 6) is 1.23. The normalized spacial score (nSPS) is 27.1. The zero-order valence-corrected chi connectivity index (χ0v) is 10.2. The van der Waals surface area contributed by atoms with Crippen LogP contribution in [0.4, 0.5) is 4.39 Å². The van der Waals surface area contributed by atoms with E-state index in [1.165, 1.54) is 12.1 Å². The van der Waals surface area contributed by atoms with Crippen LogP contribution in [0.5, 0.6) is 0 Å². The van der Waals surface area contributed by atoms with Crippen LogP contribution in [-0.2, 0) is 6.54 Å². The highest BCUT2D eigenvalue weighted by Crippen LogP contribution is 2.27. The quantitative estimate of drug-likeness (QED) is 0.855. The average Bonchev–Trinajstić information content (AvgIpc) is 2.92. The SMILES string of the molecule is N#Cc1ccc(F)c(CN2C[C@H]3CNC[C@H]3C2)c1. The summed E-state index contributed by atoms with van der Waals surface area (Å²) in [5.41, 5.74) is 1.18. The van der Waals surface area contributed by atoms with Gasteiger partial charge in [0.2, 0.25) is 0 Å². The third-order valence-corrected chi connectivity index (χ3v) is 4.03. The van der Waals surface area contributed by atoms with Gasteiger partial charge in [-0.05, 0) is 43.1 Å². The van der Waals surface area contributed by atoms with E-state index in [0.29, 0.717) is 29.5 Å². The fraction of sp³-hybridized carbons (Fsp3) is 0.500. The van der Waals surface area contributed by atoms with Gasteiger partial charge in [-0.1, -0.05) is 0 Å². The van der Waals surface area contributed by atoms with Crippen LogP contribution in [0, 0.1) is 29.0 Å². The first-order chi connectivity index (χ1) is 8.76. The Balaban J connectivity index is 1.72. The molecule has 2 heterocycles. The molecule has 0 aliphatic carbocycles. The minimum atomic E-state index is -0.204. The first-order valence-corrected chi connectivity index (χ1v) is 6.38. The highest BCUT2D eigenvalue weighted by Gasteiger charge is 2.35. The zero-order chi connectivity index (χ0) is 12.5. The molecular formula is C14H16FN3. The molecule has 0 radical (unpaired) electrons. The second-order valence-electron chi connectivity index (χ2n) is 5.29. The first kappa shape index (κ1) is 11.6.